The van der Waals surface area contributed by atoms with Gasteiger partial charge in [-0.2, -0.15) is 13.2 Å². The molecule has 2 aromatic rings. The van der Waals surface area contributed by atoms with Crippen LogP contribution >= 0.6 is 0 Å². The second-order valence-electron chi connectivity index (χ2n) is 6.19. The number of nitrogens with two attached hydrogens (primary N) is 1. The van der Waals surface area contributed by atoms with Crippen LogP contribution in [-0.2, 0) is 0 Å². The minimum atomic E-state index is -4.48. The molecule has 2 rings (SSSR count). The molecule has 2 heterocycles. The maximum absolute atomic E-state index is 12.2. The number of hydrogen-bond acceptors (Lipinski definition) is 6. The number of halogens is 3. The number of amides is 1. The lowest BCUT2D eigenvalue weighted by Crippen LogP contribution is -2.26. The summed E-state index contributed by atoms with van der Waals surface area (Å²) in [4.78, 5) is 23.1. The van der Waals surface area contributed by atoms with Crippen LogP contribution in [0.1, 0.15) is 31.3 Å². The average Bonchev–Trinajstić information content (AvgIpc) is 2.52. The average molecular weight is 371 g/mol. The molecule has 0 saturated carbocycles. The largest absolute Gasteiger partial charge is 0.482 e. The molecule has 0 radical (unpaired) electrons. The number of anilines is 1. The number of hydrogen-bond donors (Lipinski definition) is 2. The summed E-state index contributed by atoms with van der Waals surface area (Å²) in [6.07, 6.45) is 1.89. The number of nitrogens with zero attached hydrogens (tertiary/aromatic N) is 3. The summed E-state index contributed by atoms with van der Waals surface area (Å²) in [7, 11) is 0. The molecule has 2 aromatic heterocycles. The molecule has 0 bridgehead atoms. The predicted molar refractivity (Wildman–Crippen MR) is 89.7 cm³/mol. The third-order valence-corrected chi connectivity index (χ3v) is 2.22. The number of nitrogens with one attached hydrogen (secondary N) is 1. The fourth-order valence-electron chi connectivity index (χ4n) is 1.36. The SMILES string of the molecule is CC(C)(C)N.O=C(Nc1cnccc1OCC(F)(F)F)c1cnccn1. The van der Waals surface area contributed by atoms with Crippen molar-refractivity contribution >= 4 is 11.6 Å². The number of alkyl halides is 3. The fraction of sp³-hybridized carbons (Fsp3) is 0.375. The highest BCUT2D eigenvalue weighted by atomic mass is 19.4. The molecule has 142 valence electrons. The molecule has 0 spiro atoms. The second-order valence-corrected chi connectivity index (χ2v) is 6.19. The van der Waals surface area contributed by atoms with E-state index >= 15 is 0 Å². The molecule has 0 fully saturated rings. The number of carbonyl (C=O) groups excluding carboxylic acids is 1. The van der Waals surface area contributed by atoms with Gasteiger partial charge in [-0.3, -0.25) is 14.8 Å². The summed E-state index contributed by atoms with van der Waals surface area (Å²) in [6, 6.07) is 1.22. The van der Waals surface area contributed by atoms with Gasteiger partial charge in [-0.25, -0.2) is 4.98 Å². The summed E-state index contributed by atoms with van der Waals surface area (Å²) in [6.45, 7) is 4.43. The molecule has 10 heteroatoms. The Morgan fingerprint density at radius 2 is 1.77 bits per heavy atom. The van der Waals surface area contributed by atoms with Crippen molar-refractivity contribution in [3.05, 3.63) is 42.7 Å². The van der Waals surface area contributed by atoms with Gasteiger partial charge in [-0.15, -0.1) is 0 Å². The molecular formula is C16H20F3N5O2. The van der Waals surface area contributed by atoms with Crippen LogP contribution in [0.3, 0.4) is 0 Å². The maximum atomic E-state index is 12.2. The molecule has 0 aliphatic rings. The Morgan fingerprint density at radius 1 is 1.15 bits per heavy atom. The normalized spacial score (nSPS) is 11.2. The van der Waals surface area contributed by atoms with Crippen LogP contribution in [-0.4, -0.2) is 39.2 Å². The monoisotopic (exact) mass is 371 g/mol. The smallest absolute Gasteiger partial charge is 0.422 e. The van der Waals surface area contributed by atoms with Gasteiger partial charge in [0.05, 0.1) is 12.4 Å². The number of rotatable bonds is 4. The van der Waals surface area contributed by atoms with Crippen molar-refractivity contribution in [1.29, 1.82) is 0 Å². The highest BCUT2D eigenvalue weighted by Crippen LogP contribution is 2.25. The van der Waals surface area contributed by atoms with E-state index in [4.69, 9.17) is 5.73 Å². The Bertz CT molecular complexity index is 697. The zero-order chi connectivity index (χ0) is 19.8. The first-order valence-electron chi connectivity index (χ1n) is 7.45. The Hall–Kier alpha value is -2.75. The molecular weight excluding hydrogens is 351 g/mol. The van der Waals surface area contributed by atoms with Crippen molar-refractivity contribution < 1.29 is 22.7 Å². The van der Waals surface area contributed by atoms with Crippen LogP contribution in [0.25, 0.3) is 0 Å². The van der Waals surface area contributed by atoms with E-state index in [0.29, 0.717) is 0 Å². The van der Waals surface area contributed by atoms with E-state index < -0.39 is 18.7 Å². The molecule has 0 unspecified atom stereocenters. The minimum Gasteiger partial charge on any atom is -0.482 e. The van der Waals surface area contributed by atoms with Crippen molar-refractivity contribution in [3.63, 3.8) is 0 Å². The number of ether oxygens (including phenoxy) is 1. The van der Waals surface area contributed by atoms with Gasteiger partial charge in [0.1, 0.15) is 17.1 Å². The van der Waals surface area contributed by atoms with Crippen LogP contribution in [0, 0.1) is 0 Å². The van der Waals surface area contributed by atoms with Crippen LogP contribution in [0.15, 0.2) is 37.1 Å². The van der Waals surface area contributed by atoms with Gasteiger partial charge in [0, 0.05) is 30.2 Å². The molecule has 3 N–H and O–H groups in total. The van der Waals surface area contributed by atoms with E-state index in [9.17, 15) is 18.0 Å². The Labute approximate surface area is 148 Å². The molecule has 1 amide bonds. The van der Waals surface area contributed by atoms with Crippen molar-refractivity contribution in [2.24, 2.45) is 5.73 Å². The molecule has 0 saturated heterocycles. The van der Waals surface area contributed by atoms with Gasteiger partial charge in [0.25, 0.3) is 5.91 Å². The third-order valence-electron chi connectivity index (χ3n) is 2.22. The van der Waals surface area contributed by atoms with E-state index in [1.165, 1.54) is 37.1 Å². The Balaban J connectivity index is 0.000000597. The topological polar surface area (TPSA) is 103 Å². The van der Waals surface area contributed by atoms with Gasteiger partial charge in [-0.05, 0) is 20.8 Å². The van der Waals surface area contributed by atoms with Gasteiger partial charge >= 0.3 is 6.18 Å². The summed E-state index contributed by atoms with van der Waals surface area (Å²) in [5.74, 6) is -0.771. The van der Waals surface area contributed by atoms with Crippen molar-refractivity contribution in [2.45, 2.75) is 32.5 Å². The molecule has 7 nitrogen and oxygen atoms in total. The number of pyridine rings is 1. The van der Waals surface area contributed by atoms with E-state index in [-0.39, 0.29) is 22.7 Å². The van der Waals surface area contributed by atoms with Gasteiger partial charge < -0.3 is 15.8 Å². The lowest BCUT2D eigenvalue weighted by molar-refractivity contribution is -0.153. The van der Waals surface area contributed by atoms with Crippen molar-refractivity contribution in [2.75, 3.05) is 11.9 Å². The van der Waals surface area contributed by atoms with Gasteiger partial charge in [0.2, 0.25) is 0 Å². The first-order chi connectivity index (χ1) is 12.0. The quantitative estimate of drug-likeness (QED) is 0.857. The Kier molecular flexibility index (Phi) is 7.44. The van der Waals surface area contributed by atoms with Crippen molar-refractivity contribution in [1.82, 2.24) is 15.0 Å². The zero-order valence-corrected chi connectivity index (χ0v) is 14.5. The van der Waals surface area contributed by atoms with E-state index in [0.717, 1.165) is 0 Å². The first-order valence-corrected chi connectivity index (χ1v) is 7.45. The van der Waals surface area contributed by atoms with Crippen molar-refractivity contribution in [3.8, 4) is 5.75 Å². The van der Waals surface area contributed by atoms with Gasteiger partial charge in [0.15, 0.2) is 6.61 Å². The van der Waals surface area contributed by atoms with Crippen LogP contribution in [0.5, 0.6) is 5.75 Å². The highest BCUT2D eigenvalue weighted by Gasteiger charge is 2.29. The Morgan fingerprint density at radius 3 is 2.31 bits per heavy atom. The highest BCUT2D eigenvalue weighted by molar-refractivity contribution is 6.03. The molecule has 0 atom stereocenters. The summed E-state index contributed by atoms with van der Waals surface area (Å²) < 4.78 is 41.1. The minimum absolute atomic E-state index is 0. The van der Waals surface area contributed by atoms with Crippen LogP contribution in [0.2, 0.25) is 0 Å². The number of carbonyl (C=O) groups is 1. The zero-order valence-electron chi connectivity index (χ0n) is 14.5. The first kappa shape index (κ1) is 21.3. The second kappa shape index (κ2) is 9.09. The lowest BCUT2D eigenvalue weighted by Gasteiger charge is -2.13. The summed E-state index contributed by atoms with van der Waals surface area (Å²) >= 11 is 0. The summed E-state index contributed by atoms with van der Waals surface area (Å²) in [5, 5.41) is 2.37. The maximum Gasteiger partial charge on any atom is 0.422 e. The molecule has 26 heavy (non-hydrogen) atoms. The fourth-order valence-corrected chi connectivity index (χ4v) is 1.36. The lowest BCUT2D eigenvalue weighted by atomic mass is 10.1. The van der Waals surface area contributed by atoms with E-state index in [1.807, 2.05) is 20.8 Å². The third kappa shape index (κ3) is 9.52. The predicted octanol–water partition coefficient (Wildman–Crippen LogP) is 2.81. The summed E-state index contributed by atoms with van der Waals surface area (Å²) in [5.41, 5.74) is 5.38. The molecule has 0 aliphatic heterocycles. The molecule has 0 aliphatic carbocycles. The van der Waals surface area contributed by atoms with E-state index in [2.05, 4.69) is 25.0 Å². The number of aromatic nitrogens is 3. The molecule has 0 aromatic carbocycles. The standard InChI is InChI=1S/C12H9F3N4O2.C4H11N/c13-12(14,15)7-21-10-1-2-16-5-8(10)19-11(20)9-6-17-3-4-18-9;1-4(2,3)5/h1-6H,7H2,(H,19,20);5H2,1-3H3. The van der Waals surface area contributed by atoms with Gasteiger partial charge in [-0.1, -0.05) is 0 Å². The van der Waals surface area contributed by atoms with Crippen LogP contribution < -0.4 is 15.8 Å². The van der Waals surface area contributed by atoms with Crippen LogP contribution in [0.4, 0.5) is 18.9 Å². The van der Waals surface area contributed by atoms with E-state index in [1.54, 1.807) is 0 Å².